The van der Waals surface area contributed by atoms with Crippen molar-refractivity contribution in [1.82, 2.24) is 4.90 Å². The first kappa shape index (κ1) is 10.8. The highest BCUT2D eigenvalue weighted by atomic mass is 15.2. The Kier molecular flexibility index (Phi) is 3.18. The first-order chi connectivity index (χ1) is 6.00. The summed E-state index contributed by atoms with van der Waals surface area (Å²) in [6.07, 6.45) is 5.34. The van der Waals surface area contributed by atoms with Crippen molar-refractivity contribution in [3.05, 3.63) is 12.2 Å². The maximum absolute atomic E-state index is 4.17. The van der Waals surface area contributed by atoms with Gasteiger partial charge in [0.25, 0.3) is 0 Å². The zero-order valence-corrected chi connectivity index (χ0v) is 9.56. The zero-order chi connectivity index (χ0) is 10.1. The van der Waals surface area contributed by atoms with Crippen molar-refractivity contribution in [2.45, 2.75) is 58.0 Å². The number of nitrogens with zero attached hydrogens (tertiary/aromatic N) is 1. The van der Waals surface area contributed by atoms with E-state index < -0.39 is 0 Å². The third-order valence-electron chi connectivity index (χ3n) is 3.67. The second-order valence-electron chi connectivity index (χ2n) is 4.72. The van der Waals surface area contributed by atoms with Gasteiger partial charge in [-0.25, -0.2) is 0 Å². The molecule has 1 aliphatic rings. The van der Waals surface area contributed by atoms with Crippen molar-refractivity contribution in [3.63, 3.8) is 0 Å². The molecule has 0 saturated heterocycles. The summed E-state index contributed by atoms with van der Waals surface area (Å²) in [5, 5.41) is 0. The lowest BCUT2D eigenvalue weighted by atomic mass is 9.87. The van der Waals surface area contributed by atoms with Gasteiger partial charge in [-0.15, -0.1) is 0 Å². The topological polar surface area (TPSA) is 3.24 Å². The highest BCUT2D eigenvalue weighted by molar-refractivity contribution is 5.17. The molecule has 1 saturated carbocycles. The van der Waals surface area contributed by atoms with Gasteiger partial charge in [0.05, 0.1) is 0 Å². The van der Waals surface area contributed by atoms with E-state index in [0.29, 0.717) is 11.6 Å². The van der Waals surface area contributed by atoms with Gasteiger partial charge in [-0.3, -0.25) is 4.90 Å². The summed E-state index contributed by atoms with van der Waals surface area (Å²) in [7, 11) is 2.24. The van der Waals surface area contributed by atoms with E-state index in [1.165, 1.54) is 31.3 Å². The average molecular weight is 181 g/mol. The molecule has 0 radical (unpaired) electrons. The van der Waals surface area contributed by atoms with Gasteiger partial charge in [0.2, 0.25) is 0 Å². The van der Waals surface area contributed by atoms with Gasteiger partial charge >= 0.3 is 0 Å². The molecular formula is C12H23N. The van der Waals surface area contributed by atoms with E-state index in [1.807, 2.05) is 0 Å². The molecule has 1 nitrogen and oxygen atoms in total. The van der Waals surface area contributed by atoms with Gasteiger partial charge in [0.15, 0.2) is 0 Å². The molecule has 0 aliphatic heterocycles. The maximum atomic E-state index is 4.17. The van der Waals surface area contributed by atoms with Crippen LogP contribution in [0.1, 0.15) is 46.5 Å². The third-order valence-corrected chi connectivity index (χ3v) is 3.67. The fraction of sp³-hybridized carbons (Fsp3) is 0.833. The minimum atomic E-state index is 0.314. The van der Waals surface area contributed by atoms with E-state index in [-0.39, 0.29) is 0 Å². The van der Waals surface area contributed by atoms with Crippen molar-refractivity contribution in [3.8, 4) is 0 Å². The molecule has 1 rings (SSSR count). The van der Waals surface area contributed by atoms with E-state index in [1.54, 1.807) is 0 Å². The monoisotopic (exact) mass is 181 g/mol. The fourth-order valence-corrected chi connectivity index (χ4v) is 2.53. The van der Waals surface area contributed by atoms with Gasteiger partial charge in [-0.05, 0) is 40.7 Å². The minimum absolute atomic E-state index is 0.314. The summed E-state index contributed by atoms with van der Waals surface area (Å²) >= 11 is 0. The molecule has 1 fully saturated rings. The van der Waals surface area contributed by atoms with Gasteiger partial charge in [-0.1, -0.05) is 25.0 Å². The van der Waals surface area contributed by atoms with Crippen molar-refractivity contribution in [1.29, 1.82) is 0 Å². The summed E-state index contributed by atoms with van der Waals surface area (Å²) < 4.78 is 0. The summed E-state index contributed by atoms with van der Waals surface area (Å²) in [5.41, 5.74) is 1.66. The molecule has 13 heavy (non-hydrogen) atoms. The Balaban J connectivity index is 2.84. The van der Waals surface area contributed by atoms with Crippen LogP contribution in [0.15, 0.2) is 12.2 Å². The second-order valence-corrected chi connectivity index (χ2v) is 4.72. The van der Waals surface area contributed by atoms with Crippen LogP contribution in [0.3, 0.4) is 0 Å². The van der Waals surface area contributed by atoms with Crippen LogP contribution >= 0.6 is 0 Å². The maximum Gasteiger partial charge on any atom is 0.0414 e. The van der Waals surface area contributed by atoms with Crippen LogP contribution in [0, 0.1) is 0 Å². The Morgan fingerprint density at radius 1 is 1.31 bits per heavy atom. The molecule has 0 aromatic carbocycles. The molecule has 0 spiro atoms. The molecule has 0 amide bonds. The van der Waals surface area contributed by atoms with E-state index in [9.17, 15) is 0 Å². The van der Waals surface area contributed by atoms with E-state index >= 15 is 0 Å². The number of hydrogen-bond acceptors (Lipinski definition) is 1. The predicted molar refractivity (Wildman–Crippen MR) is 58.9 cm³/mol. The highest BCUT2D eigenvalue weighted by Crippen LogP contribution is 2.40. The fourth-order valence-electron chi connectivity index (χ4n) is 2.53. The smallest absolute Gasteiger partial charge is 0.0414 e. The minimum Gasteiger partial charge on any atom is -0.295 e. The highest BCUT2D eigenvalue weighted by Gasteiger charge is 2.39. The lowest BCUT2D eigenvalue weighted by molar-refractivity contribution is 0.123. The van der Waals surface area contributed by atoms with Gasteiger partial charge in [0, 0.05) is 11.6 Å². The molecule has 0 unspecified atom stereocenters. The Morgan fingerprint density at radius 2 is 1.77 bits per heavy atom. The summed E-state index contributed by atoms with van der Waals surface area (Å²) in [6.45, 7) is 10.9. The predicted octanol–water partition coefficient (Wildman–Crippen LogP) is 3.22. The van der Waals surface area contributed by atoms with Crippen LogP contribution < -0.4 is 0 Å². The molecule has 0 atom stereocenters. The van der Waals surface area contributed by atoms with E-state index in [2.05, 4.69) is 39.3 Å². The van der Waals surface area contributed by atoms with E-state index in [0.717, 1.165) is 0 Å². The SMILES string of the molecule is C=C(C)C1(N(C)C(C)C)CCCC1. The second kappa shape index (κ2) is 3.83. The molecule has 0 N–H and O–H groups in total. The molecule has 76 valence electrons. The van der Waals surface area contributed by atoms with Gasteiger partial charge in [0.1, 0.15) is 0 Å². The Labute approximate surface area is 82.8 Å². The van der Waals surface area contributed by atoms with Gasteiger partial charge < -0.3 is 0 Å². The quantitative estimate of drug-likeness (QED) is 0.604. The molecular weight excluding hydrogens is 158 g/mol. The molecule has 0 bridgehead atoms. The molecule has 0 heterocycles. The van der Waals surface area contributed by atoms with Crippen molar-refractivity contribution in [2.24, 2.45) is 0 Å². The Hall–Kier alpha value is -0.300. The summed E-state index contributed by atoms with van der Waals surface area (Å²) in [6, 6.07) is 0.620. The molecule has 0 aromatic heterocycles. The van der Waals surface area contributed by atoms with Crippen LogP contribution in [0.2, 0.25) is 0 Å². The number of likely N-dealkylation sites (N-methyl/N-ethyl adjacent to an activating group) is 1. The van der Waals surface area contributed by atoms with Crippen molar-refractivity contribution in [2.75, 3.05) is 7.05 Å². The number of hydrogen-bond donors (Lipinski definition) is 0. The van der Waals surface area contributed by atoms with Crippen molar-refractivity contribution >= 4 is 0 Å². The van der Waals surface area contributed by atoms with Crippen LogP contribution in [0.4, 0.5) is 0 Å². The summed E-state index contributed by atoms with van der Waals surface area (Å²) in [4.78, 5) is 2.50. The van der Waals surface area contributed by atoms with Crippen LogP contribution in [-0.2, 0) is 0 Å². The molecule has 1 heteroatoms. The summed E-state index contributed by atoms with van der Waals surface area (Å²) in [5.74, 6) is 0. The normalized spacial score (nSPS) is 21.4. The first-order valence-corrected chi connectivity index (χ1v) is 5.39. The third kappa shape index (κ3) is 1.80. The Bertz CT molecular complexity index is 187. The number of rotatable bonds is 3. The lowest BCUT2D eigenvalue weighted by Gasteiger charge is -2.42. The average Bonchev–Trinajstić information content (AvgIpc) is 2.51. The van der Waals surface area contributed by atoms with Crippen LogP contribution in [0.25, 0.3) is 0 Å². The first-order valence-electron chi connectivity index (χ1n) is 5.39. The van der Waals surface area contributed by atoms with Crippen LogP contribution in [-0.4, -0.2) is 23.5 Å². The van der Waals surface area contributed by atoms with Crippen molar-refractivity contribution < 1.29 is 0 Å². The Morgan fingerprint density at radius 3 is 2.08 bits per heavy atom. The standard InChI is InChI=1S/C12H23N/c1-10(2)12(8-6-7-9-12)13(5)11(3)4/h11H,1,6-9H2,2-5H3. The zero-order valence-electron chi connectivity index (χ0n) is 9.56. The lowest BCUT2D eigenvalue weighted by Crippen LogP contribution is -2.48. The van der Waals surface area contributed by atoms with Crippen LogP contribution in [0.5, 0.6) is 0 Å². The molecule has 1 aliphatic carbocycles. The largest absolute Gasteiger partial charge is 0.295 e. The van der Waals surface area contributed by atoms with E-state index in [4.69, 9.17) is 0 Å². The molecule has 0 aromatic rings. The van der Waals surface area contributed by atoms with Gasteiger partial charge in [-0.2, -0.15) is 0 Å².